The molecule has 3 heteroatoms. The van der Waals surface area contributed by atoms with Crippen LogP contribution in [0.3, 0.4) is 0 Å². The van der Waals surface area contributed by atoms with Gasteiger partial charge in [0.05, 0.1) is 0 Å². The maximum Gasteiger partial charge on any atom is 0.217 e. The summed E-state index contributed by atoms with van der Waals surface area (Å²) in [6.45, 7) is 4.33. The summed E-state index contributed by atoms with van der Waals surface area (Å²) in [6, 6.07) is 4.40. The second kappa shape index (κ2) is 5.36. The van der Waals surface area contributed by atoms with E-state index in [1.807, 2.05) is 0 Å². The Bertz CT molecular complexity index is 563. The van der Waals surface area contributed by atoms with Gasteiger partial charge in [0.1, 0.15) is 11.4 Å². The van der Waals surface area contributed by atoms with Crippen molar-refractivity contribution >= 4 is 5.91 Å². The number of fused-ring (bicyclic) bond motifs is 3. The van der Waals surface area contributed by atoms with E-state index < -0.39 is 0 Å². The highest BCUT2D eigenvalue weighted by molar-refractivity contribution is 5.73. The van der Waals surface area contributed by atoms with Crippen molar-refractivity contribution in [1.29, 1.82) is 0 Å². The molecule has 0 saturated carbocycles. The number of rotatable bonds is 5. The molecule has 0 spiro atoms. The Labute approximate surface area is 126 Å². The van der Waals surface area contributed by atoms with Crippen LogP contribution < -0.4 is 10.5 Å². The Morgan fingerprint density at radius 1 is 1.38 bits per heavy atom. The topological polar surface area (TPSA) is 52.3 Å². The normalized spacial score (nSPS) is 21.7. The monoisotopic (exact) mass is 287 g/mol. The molecule has 0 bridgehead atoms. The van der Waals surface area contributed by atoms with Crippen LogP contribution in [0.4, 0.5) is 0 Å². The summed E-state index contributed by atoms with van der Waals surface area (Å²) >= 11 is 0. The summed E-state index contributed by atoms with van der Waals surface area (Å²) in [5.41, 5.74) is 9.64. The number of carbonyl (C=O) groups excluding carboxylic acids is 1. The number of hydrogen-bond donors (Lipinski definition) is 1. The predicted molar refractivity (Wildman–Crippen MR) is 83.6 cm³/mol. The summed E-state index contributed by atoms with van der Waals surface area (Å²) in [5, 5.41) is 0. The van der Waals surface area contributed by atoms with Gasteiger partial charge in [-0.15, -0.1) is 0 Å². The first kappa shape index (κ1) is 14.4. The minimum atomic E-state index is -0.183. The number of hydrogen-bond acceptors (Lipinski definition) is 2. The first-order valence-electron chi connectivity index (χ1n) is 8.08. The minimum Gasteiger partial charge on any atom is -0.487 e. The fourth-order valence-electron chi connectivity index (χ4n) is 3.91. The van der Waals surface area contributed by atoms with Crippen LogP contribution in [0.2, 0.25) is 0 Å². The summed E-state index contributed by atoms with van der Waals surface area (Å²) in [7, 11) is 0. The standard InChI is InChI=1S/C18H25NO2/c1-18(2)11-14-15(21-18)10-9-13-8-7-12(17(13)14)5-3-4-6-16(19)20/h9-10,12H,3-8,11H2,1-2H3,(H2,19,20). The lowest BCUT2D eigenvalue weighted by molar-refractivity contribution is -0.118. The third kappa shape index (κ3) is 2.92. The molecule has 1 aliphatic heterocycles. The molecule has 1 aliphatic carbocycles. The van der Waals surface area contributed by atoms with Gasteiger partial charge in [0.25, 0.3) is 0 Å². The Morgan fingerprint density at radius 3 is 2.95 bits per heavy atom. The number of benzene rings is 1. The zero-order valence-electron chi connectivity index (χ0n) is 13.1. The SMILES string of the molecule is CC1(C)Cc2c(ccc3c2C(CCCCC(N)=O)CC3)O1. The average Bonchev–Trinajstić information content (AvgIpc) is 2.93. The molecular formula is C18H25NO2. The highest BCUT2D eigenvalue weighted by Crippen LogP contribution is 2.46. The molecule has 1 amide bonds. The van der Waals surface area contributed by atoms with Crippen molar-refractivity contribution in [1.82, 2.24) is 0 Å². The lowest BCUT2D eigenvalue weighted by atomic mass is 9.88. The van der Waals surface area contributed by atoms with Gasteiger partial charge in [0, 0.05) is 18.4 Å². The van der Waals surface area contributed by atoms with Gasteiger partial charge in [-0.3, -0.25) is 4.79 Å². The molecule has 1 unspecified atom stereocenters. The molecule has 1 aromatic carbocycles. The first-order chi connectivity index (χ1) is 9.96. The third-order valence-corrected chi connectivity index (χ3v) is 4.79. The van der Waals surface area contributed by atoms with E-state index in [2.05, 4.69) is 26.0 Å². The maximum atomic E-state index is 10.8. The molecule has 1 heterocycles. The number of amides is 1. The molecule has 0 radical (unpaired) electrons. The van der Waals surface area contributed by atoms with E-state index in [9.17, 15) is 4.79 Å². The molecule has 0 fully saturated rings. The number of carbonyl (C=O) groups is 1. The average molecular weight is 287 g/mol. The Kier molecular flexibility index (Phi) is 3.68. The van der Waals surface area contributed by atoms with E-state index in [0.717, 1.165) is 31.4 Å². The number of ether oxygens (including phenoxy) is 1. The molecule has 0 aromatic heterocycles. The van der Waals surface area contributed by atoms with Crippen molar-refractivity contribution in [3.8, 4) is 5.75 Å². The van der Waals surface area contributed by atoms with Crippen LogP contribution in [0.15, 0.2) is 12.1 Å². The van der Waals surface area contributed by atoms with Crippen molar-refractivity contribution < 1.29 is 9.53 Å². The van der Waals surface area contributed by atoms with Crippen LogP contribution in [0.5, 0.6) is 5.75 Å². The lowest BCUT2D eigenvalue weighted by Crippen LogP contribution is -2.24. The molecule has 2 aliphatic rings. The molecule has 3 nitrogen and oxygen atoms in total. The molecular weight excluding hydrogens is 262 g/mol. The maximum absolute atomic E-state index is 10.8. The Hall–Kier alpha value is -1.51. The van der Waals surface area contributed by atoms with Gasteiger partial charge in [-0.2, -0.15) is 0 Å². The van der Waals surface area contributed by atoms with Gasteiger partial charge in [-0.1, -0.05) is 12.5 Å². The van der Waals surface area contributed by atoms with Gasteiger partial charge in [0.15, 0.2) is 0 Å². The van der Waals surface area contributed by atoms with Crippen LogP contribution in [0, 0.1) is 0 Å². The molecule has 0 saturated heterocycles. The predicted octanol–water partition coefficient (Wildman–Crippen LogP) is 3.48. The molecule has 2 N–H and O–H groups in total. The van der Waals surface area contributed by atoms with Gasteiger partial charge >= 0.3 is 0 Å². The fourth-order valence-corrected chi connectivity index (χ4v) is 3.91. The fraction of sp³-hybridized carbons (Fsp3) is 0.611. The van der Waals surface area contributed by atoms with Crippen molar-refractivity contribution in [2.45, 2.75) is 70.3 Å². The third-order valence-electron chi connectivity index (χ3n) is 4.79. The van der Waals surface area contributed by atoms with Crippen molar-refractivity contribution in [3.05, 3.63) is 28.8 Å². The van der Waals surface area contributed by atoms with E-state index in [1.54, 1.807) is 5.56 Å². The summed E-state index contributed by atoms with van der Waals surface area (Å²) in [5.74, 6) is 1.54. The van der Waals surface area contributed by atoms with Crippen molar-refractivity contribution in [2.24, 2.45) is 5.73 Å². The zero-order valence-corrected chi connectivity index (χ0v) is 13.1. The smallest absolute Gasteiger partial charge is 0.217 e. The van der Waals surface area contributed by atoms with Crippen LogP contribution in [-0.2, 0) is 17.6 Å². The largest absolute Gasteiger partial charge is 0.487 e. The lowest BCUT2D eigenvalue weighted by Gasteiger charge is -2.16. The summed E-state index contributed by atoms with van der Waals surface area (Å²) in [6.07, 6.45) is 7.12. The zero-order chi connectivity index (χ0) is 15.0. The second-order valence-corrected chi connectivity index (χ2v) is 7.10. The summed E-state index contributed by atoms with van der Waals surface area (Å²) in [4.78, 5) is 10.8. The minimum absolute atomic E-state index is 0.0729. The van der Waals surface area contributed by atoms with E-state index in [1.165, 1.54) is 24.0 Å². The van der Waals surface area contributed by atoms with Crippen LogP contribution in [-0.4, -0.2) is 11.5 Å². The highest BCUT2D eigenvalue weighted by Gasteiger charge is 2.36. The first-order valence-corrected chi connectivity index (χ1v) is 8.08. The van der Waals surface area contributed by atoms with Crippen molar-refractivity contribution in [2.75, 3.05) is 0 Å². The number of nitrogens with two attached hydrogens (primary N) is 1. The van der Waals surface area contributed by atoms with Crippen LogP contribution in [0.25, 0.3) is 0 Å². The highest BCUT2D eigenvalue weighted by atomic mass is 16.5. The molecule has 114 valence electrons. The van der Waals surface area contributed by atoms with E-state index >= 15 is 0 Å². The van der Waals surface area contributed by atoms with Crippen LogP contribution >= 0.6 is 0 Å². The van der Waals surface area contributed by atoms with E-state index in [0.29, 0.717) is 12.3 Å². The number of primary amides is 1. The number of unbranched alkanes of at least 4 members (excludes halogenated alkanes) is 1. The van der Waals surface area contributed by atoms with Crippen molar-refractivity contribution in [3.63, 3.8) is 0 Å². The van der Waals surface area contributed by atoms with Gasteiger partial charge in [-0.05, 0) is 62.6 Å². The molecule has 1 aromatic rings. The number of aryl methyl sites for hydroxylation is 1. The Balaban J connectivity index is 1.73. The second-order valence-electron chi connectivity index (χ2n) is 7.10. The van der Waals surface area contributed by atoms with Crippen LogP contribution in [0.1, 0.15) is 68.6 Å². The Morgan fingerprint density at radius 2 is 2.19 bits per heavy atom. The summed E-state index contributed by atoms with van der Waals surface area (Å²) < 4.78 is 6.06. The molecule has 21 heavy (non-hydrogen) atoms. The van der Waals surface area contributed by atoms with Gasteiger partial charge in [0.2, 0.25) is 5.91 Å². The molecule has 3 rings (SSSR count). The van der Waals surface area contributed by atoms with Gasteiger partial charge in [-0.25, -0.2) is 0 Å². The van der Waals surface area contributed by atoms with E-state index in [4.69, 9.17) is 10.5 Å². The van der Waals surface area contributed by atoms with Gasteiger partial charge < -0.3 is 10.5 Å². The molecule has 1 atom stereocenters. The quantitative estimate of drug-likeness (QED) is 0.843. The van der Waals surface area contributed by atoms with E-state index in [-0.39, 0.29) is 11.5 Å².